The van der Waals surface area contributed by atoms with E-state index in [4.69, 9.17) is 0 Å². The molecule has 0 amide bonds. The quantitative estimate of drug-likeness (QED) is 0.496. The van der Waals surface area contributed by atoms with Crippen LogP contribution in [0.25, 0.3) is 11.3 Å². The van der Waals surface area contributed by atoms with E-state index in [0.29, 0.717) is 10.4 Å². The first-order valence-corrected chi connectivity index (χ1v) is 4.24. The summed E-state index contributed by atoms with van der Waals surface area (Å²) in [5.41, 5.74) is 2.66. The van der Waals surface area contributed by atoms with Gasteiger partial charge in [0.25, 0.3) is 0 Å². The first-order chi connectivity index (χ1) is 6.75. The lowest BCUT2D eigenvalue weighted by Crippen LogP contribution is -2.26. The minimum atomic E-state index is 0.586. The van der Waals surface area contributed by atoms with Crippen molar-refractivity contribution in [1.29, 1.82) is 0 Å². The fourth-order valence-corrected chi connectivity index (χ4v) is 1.18. The lowest BCUT2D eigenvalue weighted by Gasteiger charge is -2.00. The van der Waals surface area contributed by atoms with Gasteiger partial charge in [-0.1, -0.05) is 29.8 Å². The van der Waals surface area contributed by atoms with Crippen LogP contribution < -0.4 is 4.73 Å². The van der Waals surface area contributed by atoms with E-state index in [1.807, 2.05) is 31.2 Å². The zero-order chi connectivity index (χ0) is 9.97. The number of aryl methyl sites for hydroxylation is 1. The zero-order valence-electron chi connectivity index (χ0n) is 7.71. The van der Waals surface area contributed by atoms with E-state index in [0.717, 1.165) is 11.9 Å². The maximum absolute atomic E-state index is 10.9. The molecule has 0 fully saturated rings. The summed E-state index contributed by atoms with van der Waals surface area (Å²) in [4.78, 5) is 0. The van der Waals surface area contributed by atoms with Gasteiger partial charge in [0.1, 0.15) is 6.20 Å². The molecule has 70 valence electrons. The van der Waals surface area contributed by atoms with Crippen LogP contribution in [-0.4, -0.2) is 10.2 Å². The Balaban J connectivity index is 2.44. The van der Waals surface area contributed by atoms with Gasteiger partial charge in [0.15, 0.2) is 5.69 Å². The van der Waals surface area contributed by atoms with Crippen LogP contribution in [0.3, 0.4) is 0 Å². The number of benzene rings is 1. The molecule has 0 aliphatic rings. The van der Waals surface area contributed by atoms with Crippen molar-refractivity contribution in [3.05, 3.63) is 47.6 Å². The summed E-state index contributed by atoms with van der Waals surface area (Å²) < 4.78 is 0.641. The first kappa shape index (κ1) is 8.62. The van der Waals surface area contributed by atoms with Gasteiger partial charge >= 0.3 is 6.33 Å². The Labute approximate surface area is 81.4 Å². The summed E-state index contributed by atoms with van der Waals surface area (Å²) in [7, 11) is 0. The molecule has 0 unspecified atom stereocenters. The third-order valence-electron chi connectivity index (χ3n) is 1.93. The largest absolute Gasteiger partial charge is 0.711 e. The minimum absolute atomic E-state index is 0.586. The summed E-state index contributed by atoms with van der Waals surface area (Å²) in [5, 5.41) is 18.4. The van der Waals surface area contributed by atoms with Crippen molar-refractivity contribution < 1.29 is 4.73 Å². The second-order valence-electron chi connectivity index (χ2n) is 3.07. The van der Waals surface area contributed by atoms with Crippen LogP contribution in [-0.2, 0) is 0 Å². The van der Waals surface area contributed by atoms with E-state index >= 15 is 0 Å². The molecule has 4 heteroatoms. The number of hydrogen-bond donors (Lipinski definition) is 0. The molecule has 1 aromatic heterocycles. The molecule has 1 aromatic carbocycles. The molecule has 0 radical (unpaired) electrons. The molecule has 0 saturated heterocycles. The Morgan fingerprint density at radius 1 is 1.21 bits per heavy atom. The topological polar surface area (TPSA) is 52.7 Å². The van der Waals surface area contributed by atoms with Gasteiger partial charge in [0, 0.05) is 5.56 Å². The van der Waals surface area contributed by atoms with Gasteiger partial charge in [-0.3, -0.25) is 0 Å². The molecular weight excluding hydrogens is 178 g/mol. The van der Waals surface area contributed by atoms with Gasteiger partial charge in [-0.05, 0) is 12.0 Å². The molecule has 2 rings (SSSR count). The van der Waals surface area contributed by atoms with Gasteiger partial charge in [-0.25, -0.2) is 4.73 Å². The van der Waals surface area contributed by atoms with Gasteiger partial charge in [-0.2, -0.15) is 0 Å². The highest BCUT2D eigenvalue weighted by Gasteiger charge is 2.02. The van der Waals surface area contributed by atoms with Crippen LogP contribution in [0, 0.1) is 12.1 Å². The minimum Gasteiger partial charge on any atom is -0.711 e. The van der Waals surface area contributed by atoms with Crippen molar-refractivity contribution in [2.75, 3.05) is 0 Å². The molecule has 14 heavy (non-hydrogen) atoms. The normalized spacial score (nSPS) is 10.1. The summed E-state index contributed by atoms with van der Waals surface area (Å²) in [6.07, 6.45) is 2.52. The first-order valence-electron chi connectivity index (χ1n) is 4.24. The SMILES string of the molecule is Cc1ccc(-c2c[n+]([O-])cnn2)cc1. The smallest absolute Gasteiger partial charge is 0.317 e. The summed E-state index contributed by atoms with van der Waals surface area (Å²) >= 11 is 0. The average molecular weight is 187 g/mol. The molecule has 1 heterocycles. The van der Waals surface area contributed by atoms with Gasteiger partial charge in [0.2, 0.25) is 0 Å². The summed E-state index contributed by atoms with van der Waals surface area (Å²) in [5.74, 6) is 0. The molecular formula is C10H9N3O. The average Bonchev–Trinajstić information content (AvgIpc) is 2.19. The van der Waals surface area contributed by atoms with Crippen molar-refractivity contribution in [3.8, 4) is 11.3 Å². The van der Waals surface area contributed by atoms with Crippen LogP contribution >= 0.6 is 0 Å². The van der Waals surface area contributed by atoms with Crippen molar-refractivity contribution in [3.63, 3.8) is 0 Å². The van der Waals surface area contributed by atoms with E-state index in [2.05, 4.69) is 10.2 Å². The third kappa shape index (κ3) is 1.69. The van der Waals surface area contributed by atoms with Crippen molar-refractivity contribution >= 4 is 0 Å². The van der Waals surface area contributed by atoms with Gasteiger partial charge in [0.05, 0.1) is 5.10 Å². The second kappa shape index (κ2) is 3.41. The Bertz CT molecular complexity index is 439. The van der Waals surface area contributed by atoms with E-state index in [9.17, 15) is 5.21 Å². The highest BCUT2D eigenvalue weighted by atomic mass is 16.5. The number of aromatic nitrogens is 3. The fourth-order valence-electron chi connectivity index (χ4n) is 1.18. The molecule has 0 spiro atoms. The monoisotopic (exact) mass is 187 g/mol. The predicted molar refractivity (Wildman–Crippen MR) is 51.2 cm³/mol. The fraction of sp³-hybridized carbons (Fsp3) is 0.100. The Kier molecular flexibility index (Phi) is 2.10. The highest BCUT2D eigenvalue weighted by molar-refractivity contribution is 5.57. The summed E-state index contributed by atoms with van der Waals surface area (Å²) in [6, 6.07) is 7.77. The van der Waals surface area contributed by atoms with Crippen LogP contribution in [0.5, 0.6) is 0 Å². The van der Waals surface area contributed by atoms with E-state index < -0.39 is 0 Å². The number of nitrogens with zero attached hydrogens (tertiary/aromatic N) is 3. The van der Waals surface area contributed by atoms with E-state index in [1.54, 1.807) is 0 Å². The second-order valence-corrected chi connectivity index (χ2v) is 3.07. The molecule has 0 atom stereocenters. The van der Waals surface area contributed by atoms with E-state index in [-0.39, 0.29) is 0 Å². The standard InChI is InChI=1S/C10H9N3O/c1-8-2-4-9(5-3-8)10-6-13(14)7-11-12-10/h2-7H,1H3. The summed E-state index contributed by atoms with van der Waals surface area (Å²) in [6.45, 7) is 2.01. The Hall–Kier alpha value is -1.97. The third-order valence-corrected chi connectivity index (χ3v) is 1.93. The Morgan fingerprint density at radius 2 is 1.93 bits per heavy atom. The number of rotatable bonds is 1. The molecule has 0 N–H and O–H groups in total. The molecule has 4 nitrogen and oxygen atoms in total. The molecule has 0 aliphatic heterocycles. The molecule has 0 aliphatic carbocycles. The lowest BCUT2D eigenvalue weighted by molar-refractivity contribution is -0.609. The Morgan fingerprint density at radius 3 is 2.57 bits per heavy atom. The van der Waals surface area contributed by atoms with Gasteiger partial charge in [-0.15, -0.1) is 0 Å². The lowest BCUT2D eigenvalue weighted by atomic mass is 10.1. The number of hydrogen-bond acceptors (Lipinski definition) is 3. The maximum Gasteiger partial charge on any atom is 0.317 e. The van der Waals surface area contributed by atoms with Crippen molar-refractivity contribution in [2.45, 2.75) is 6.92 Å². The van der Waals surface area contributed by atoms with E-state index in [1.165, 1.54) is 11.8 Å². The highest BCUT2D eigenvalue weighted by Crippen LogP contribution is 2.14. The van der Waals surface area contributed by atoms with Crippen LogP contribution in [0.15, 0.2) is 36.8 Å². The van der Waals surface area contributed by atoms with Crippen LogP contribution in [0.1, 0.15) is 5.56 Å². The maximum atomic E-state index is 10.9. The molecule has 0 saturated carbocycles. The van der Waals surface area contributed by atoms with Crippen LogP contribution in [0.4, 0.5) is 0 Å². The van der Waals surface area contributed by atoms with Crippen molar-refractivity contribution in [2.24, 2.45) is 0 Å². The van der Waals surface area contributed by atoms with Crippen LogP contribution in [0.2, 0.25) is 0 Å². The zero-order valence-corrected chi connectivity index (χ0v) is 7.71. The molecule has 0 bridgehead atoms. The predicted octanol–water partition coefficient (Wildman–Crippen LogP) is 1.09. The molecule has 2 aromatic rings. The van der Waals surface area contributed by atoms with Crippen molar-refractivity contribution in [1.82, 2.24) is 10.2 Å². The van der Waals surface area contributed by atoms with Gasteiger partial charge < -0.3 is 5.21 Å².